The number of carbonyl (C=O) groups excluding carboxylic acids is 1. The van der Waals surface area contributed by atoms with Crippen LogP contribution < -0.4 is 24.4 Å². The molecule has 1 atom stereocenters. The third-order valence-corrected chi connectivity index (χ3v) is 7.15. The summed E-state index contributed by atoms with van der Waals surface area (Å²) in [4.78, 5) is 32.0. The molecule has 0 spiro atoms. The summed E-state index contributed by atoms with van der Waals surface area (Å²) >= 11 is 1.28. The van der Waals surface area contributed by atoms with E-state index < -0.39 is 12.0 Å². The van der Waals surface area contributed by atoms with Gasteiger partial charge < -0.3 is 14.2 Å². The van der Waals surface area contributed by atoms with Gasteiger partial charge in [0, 0.05) is 11.6 Å². The number of carbonyl (C=O) groups is 1. The van der Waals surface area contributed by atoms with E-state index in [4.69, 9.17) is 14.2 Å². The number of hydrogen-bond acceptors (Lipinski definition) is 7. The number of benzene rings is 2. The van der Waals surface area contributed by atoms with Crippen molar-refractivity contribution >= 4 is 23.4 Å². The average molecular weight is 507 g/mol. The van der Waals surface area contributed by atoms with Crippen LogP contribution in [0.1, 0.15) is 56.3 Å². The Morgan fingerprint density at radius 2 is 1.86 bits per heavy atom. The summed E-state index contributed by atoms with van der Waals surface area (Å²) in [6.45, 7) is 8.03. The Bertz CT molecular complexity index is 1500. The van der Waals surface area contributed by atoms with Gasteiger partial charge in [-0.2, -0.15) is 0 Å². The van der Waals surface area contributed by atoms with E-state index in [0.717, 1.165) is 11.1 Å². The lowest BCUT2D eigenvalue weighted by atomic mass is 9.93. The van der Waals surface area contributed by atoms with Gasteiger partial charge in [0.15, 0.2) is 4.80 Å². The predicted octanol–water partition coefficient (Wildman–Crippen LogP) is 3.94. The summed E-state index contributed by atoms with van der Waals surface area (Å²) in [5.74, 6) is 1.14. The van der Waals surface area contributed by atoms with Gasteiger partial charge in [-0.25, -0.2) is 9.79 Å². The molecule has 0 radical (unpaired) electrons. The molecular formula is C28H30N2O5S. The number of hydrogen-bond donors (Lipinski definition) is 0. The highest BCUT2D eigenvalue weighted by Crippen LogP contribution is 2.31. The number of esters is 1. The topological polar surface area (TPSA) is 79.1 Å². The smallest absolute Gasteiger partial charge is 0.338 e. The molecule has 4 rings (SSSR count). The standard InChI is InChI=1S/C28H30N2O5S/c1-7-35-27(32)24-17(4)29-28-30(25(24)19-10-8-18(9-11-19)16(2)3)26(31)23(36-28)14-20-12-13-21(33-5)15-22(20)34-6/h8-16,25H,7H2,1-6H3/b23-14-. The first-order valence-corrected chi connectivity index (χ1v) is 12.6. The molecule has 36 heavy (non-hydrogen) atoms. The number of methoxy groups -OCH3 is 2. The van der Waals surface area contributed by atoms with Crippen molar-refractivity contribution in [1.29, 1.82) is 0 Å². The molecule has 0 bridgehead atoms. The predicted molar refractivity (Wildman–Crippen MR) is 140 cm³/mol. The van der Waals surface area contributed by atoms with Crippen LogP contribution in [0.15, 0.2) is 63.5 Å². The molecule has 2 aromatic carbocycles. The van der Waals surface area contributed by atoms with Crippen LogP contribution >= 0.6 is 11.3 Å². The maximum absolute atomic E-state index is 13.8. The number of aromatic nitrogens is 1. The first kappa shape index (κ1) is 25.4. The van der Waals surface area contributed by atoms with Gasteiger partial charge in [0.2, 0.25) is 0 Å². The SMILES string of the molecule is CCOC(=O)C1=C(C)N=c2s/c(=C\c3ccc(OC)cc3OC)c(=O)n2C1c1ccc(C(C)C)cc1. The lowest BCUT2D eigenvalue weighted by molar-refractivity contribution is -0.139. The Balaban J connectivity index is 1.93. The summed E-state index contributed by atoms with van der Waals surface area (Å²) in [5.41, 5.74) is 3.42. The molecule has 1 aliphatic heterocycles. The molecule has 0 aliphatic carbocycles. The number of thiazole rings is 1. The largest absolute Gasteiger partial charge is 0.497 e. The summed E-state index contributed by atoms with van der Waals surface area (Å²) in [7, 11) is 3.16. The summed E-state index contributed by atoms with van der Waals surface area (Å²) < 4.78 is 18.2. The zero-order chi connectivity index (χ0) is 26.0. The second-order valence-electron chi connectivity index (χ2n) is 8.73. The van der Waals surface area contributed by atoms with E-state index in [1.54, 1.807) is 44.8 Å². The highest BCUT2D eigenvalue weighted by atomic mass is 32.1. The number of nitrogens with zero attached hydrogens (tertiary/aromatic N) is 2. The van der Waals surface area contributed by atoms with Gasteiger partial charge in [-0.05, 0) is 49.1 Å². The monoisotopic (exact) mass is 506 g/mol. The van der Waals surface area contributed by atoms with Gasteiger partial charge in [0.05, 0.1) is 42.7 Å². The quantitative estimate of drug-likeness (QED) is 0.454. The molecule has 0 saturated heterocycles. The van der Waals surface area contributed by atoms with Gasteiger partial charge in [-0.15, -0.1) is 0 Å². The molecule has 7 nitrogen and oxygen atoms in total. The van der Waals surface area contributed by atoms with Crippen molar-refractivity contribution in [2.45, 2.75) is 39.7 Å². The minimum absolute atomic E-state index is 0.232. The molecule has 3 aromatic rings. The zero-order valence-corrected chi connectivity index (χ0v) is 22.1. The van der Waals surface area contributed by atoms with E-state index in [1.807, 2.05) is 36.4 Å². The van der Waals surface area contributed by atoms with E-state index in [1.165, 1.54) is 16.9 Å². The number of allylic oxidation sites excluding steroid dienone is 1. The lowest BCUT2D eigenvalue weighted by Crippen LogP contribution is -2.39. The van der Waals surface area contributed by atoms with Crippen LogP contribution in [0.5, 0.6) is 11.5 Å². The third-order valence-electron chi connectivity index (χ3n) is 6.16. The summed E-state index contributed by atoms with van der Waals surface area (Å²) in [5, 5.41) is 0. The fourth-order valence-electron chi connectivity index (χ4n) is 4.25. The van der Waals surface area contributed by atoms with Crippen molar-refractivity contribution in [3.05, 3.63) is 90.1 Å². The molecule has 2 heterocycles. The Morgan fingerprint density at radius 3 is 2.47 bits per heavy atom. The van der Waals surface area contributed by atoms with E-state index in [0.29, 0.717) is 38.0 Å². The highest BCUT2D eigenvalue weighted by molar-refractivity contribution is 7.07. The van der Waals surface area contributed by atoms with Crippen LogP contribution in [0.4, 0.5) is 0 Å². The van der Waals surface area contributed by atoms with Crippen LogP contribution in [0.25, 0.3) is 6.08 Å². The molecule has 188 valence electrons. The Kier molecular flexibility index (Phi) is 7.45. The first-order valence-electron chi connectivity index (χ1n) is 11.8. The van der Waals surface area contributed by atoms with Gasteiger partial charge >= 0.3 is 5.97 Å². The van der Waals surface area contributed by atoms with Crippen LogP contribution in [0, 0.1) is 0 Å². The van der Waals surface area contributed by atoms with Crippen LogP contribution in [0.3, 0.4) is 0 Å². The normalized spacial score (nSPS) is 15.5. The Hall–Kier alpha value is -3.65. The Morgan fingerprint density at radius 1 is 1.14 bits per heavy atom. The van der Waals surface area contributed by atoms with Crippen LogP contribution in [-0.4, -0.2) is 31.4 Å². The second-order valence-corrected chi connectivity index (χ2v) is 9.74. The van der Waals surface area contributed by atoms with Crippen molar-refractivity contribution in [1.82, 2.24) is 4.57 Å². The van der Waals surface area contributed by atoms with Crippen molar-refractivity contribution in [2.24, 2.45) is 4.99 Å². The van der Waals surface area contributed by atoms with E-state index in [9.17, 15) is 9.59 Å². The maximum atomic E-state index is 13.8. The Labute approximate surface area is 214 Å². The molecular weight excluding hydrogens is 476 g/mol. The van der Waals surface area contributed by atoms with Gasteiger partial charge in [0.25, 0.3) is 5.56 Å². The molecule has 1 aliphatic rings. The summed E-state index contributed by atoms with van der Waals surface area (Å²) in [6, 6.07) is 12.8. The second kappa shape index (κ2) is 10.5. The highest BCUT2D eigenvalue weighted by Gasteiger charge is 2.33. The maximum Gasteiger partial charge on any atom is 0.338 e. The minimum Gasteiger partial charge on any atom is -0.497 e. The van der Waals surface area contributed by atoms with Crippen LogP contribution in [0.2, 0.25) is 0 Å². The molecule has 0 N–H and O–H groups in total. The summed E-state index contributed by atoms with van der Waals surface area (Å²) in [6.07, 6.45) is 1.78. The van der Waals surface area contributed by atoms with E-state index in [-0.39, 0.29) is 12.2 Å². The molecule has 0 saturated carbocycles. The first-order chi connectivity index (χ1) is 17.3. The van der Waals surface area contributed by atoms with Crippen molar-refractivity contribution in [3.8, 4) is 11.5 Å². The van der Waals surface area contributed by atoms with Crippen LogP contribution in [-0.2, 0) is 9.53 Å². The molecule has 0 amide bonds. The van der Waals surface area contributed by atoms with Gasteiger partial charge in [-0.3, -0.25) is 9.36 Å². The fourth-order valence-corrected chi connectivity index (χ4v) is 5.29. The van der Waals surface area contributed by atoms with E-state index in [2.05, 4.69) is 18.8 Å². The molecule has 1 unspecified atom stereocenters. The number of fused-ring (bicyclic) bond motifs is 1. The zero-order valence-electron chi connectivity index (χ0n) is 21.3. The minimum atomic E-state index is -0.638. The van der Waals surface area contributed by atoms with Crippen molar-refractivity contribution in [2.75, 3.05) is 20.8 Å². The molecule has 0 fully saturated rings. The average Bonchev–Trinajstić information content (AvgIpc) is 3.17. The number of ether oxygens (including phenoxy) is 3. The fraction of sp³-hybridized carbons (Fsp3) is 0.321. The molecule has 8 heteroatoms. The number of rotatable bonds is 7. The van der Waals surface area contributed by atoms with Gasteiger partial charge in [0.1, 0.15) is 11.5 Å². The lowest BCUT2D eigenvalue weighted by Gasteiger charge is -2.25. The molecule has 1 aromatic heterocycles. The third kappa shape index (κ3) is 4.73. The van der Waals surface area contributed by atoms with Gasteiger partial charge in [-0.1, -0.05) is 49.4 Å². The van der Waals surface area contributed by atoms with E-state index >= 15 is 0 Å². The van der Waals surface area contributed by atoms with Crippen molar-refractivity contribution in [3.63, 3.8) is 0 Å². The van der Waals surface area contributed by atoms with Crippen molar-refractivity contribution < 1.29 is 19.0 Å².